The van der Waals surface area contributed by atoms with E-state index in [2.05, 4.69) is 48.7 Å². The Hall–Kier alpha value is -2.15. The molecule has 2 aromatic heterocycles. The maximum atomic E-state index is 12.2. The first kappa shape index (κ1) is 22.1. The molecule has 0 aromatic carbocycles. The molecule has 0 saturated heterocycles. The van der Waals surface area contributed by atoms with Crippen LogP contribution in [-0.2, 0) is 11.8 Å². The van der Waals surface area contributed by atoms with Crippen LogP contribution >= 0.6 is 34.2 Å². The number of nitrogens with zero attached hydrogens (tertiary/aromatic N) is 4. The first-order valence-electron chi connectivity index (χ1n) is 9.95. The Kier molecular flexibility index (Phi) is 6.24. The number of halogens is 2. The molecule has 0 radical (unpaired) electrons. The summed E-state index contributed by atoms with van der Waals surface area (Å²) in [6.07, 6.45) is 5.16. The molecular formula is C19H22ClIN6O4. The summed E-state index contributed by atoms with van der Waals surface area (Å²) in [5.74, 6) is 0.127. The van der Waals surface area contributed by atoms with Crippen molar-refractivity contribution < 1.29 is 18.8 Å². The number of nitrogens with one attached hydrogen (secondary N) is 2. The van der Waals surface area contributed by atoms with Crippen molar-refractivity contribution in [2.75, 3.05) is 0 Å². The minimum Gasteiger partial charge on any atom is -0.435 e. The lowest BCUT2D eigenvalue weighted by atomic mass is 9.73. The Bertz CT molecular complexity index is 1030. The van der Waals surface area contributed by atoms with Crippen LogP contribution < -0.4 is 10.7 Å². The maximum absolute atomic E-state index is 12.2. The third-order valence-electron chi connectivity index (χ3n) is 5.70. The third kappa shape index (κ3) is 4.71. The summed E-state index contributed by atoms with van der Waals surface area (Å²) in [4.78, 5) is 24.2. The number of hydrogen-bond acceptors (Lipinski definition) is 7. The van der Waals surface area contributed by atoms with Gasteiger partial charge in [-0.15, -0.1) is 0 Å². The molecule has 1 saturated carbocycles. The fourth-order valence-corrected chi connectivity index (χ4v) is 5.18. The normalized spacial score (nSPS) is 24.3. The zero-order valence-corrected chi connectivity index (χ0v) is 19.9. The van der Waals surface area contributed by atoms with Gasteiger partial charge in [0, 0.05) is 25.4 Å². The quantitative estimate of drug-likeness (QED) is 0.541. The highest BCUT2D eigenvalue weighted by Crippen LogP contribution is 2.41. The van der Waals surface area contributed by atoms with E-state index in [0.29, 0.717) is 24.5 Å². The van der Waals surface area contributed by atoms with Gasteiger partial charge in [-0.25, -0.2) is 10.2 Å². The monoisotopic (exact) mass is 560 g/mol. The van der Waals surface area contributed by atoms with Crippen molar-refractivity contribution in [2.45, 2.75) is 50.7 Å². The summed E-state index contributed by atoms with van der Waals surface area (Å²) in [5.41, 5.74) is 3.26. The second-order valence-corrected chi connectivity index (χ2v) is 9.44. The molecule has 166 valence electrons. The number of aromatic nitrogens is 3. The van der Waals surface area contributed by atoms with Crippen LogP contribution in [0, 0.1) is 9.62 Å². The molecule has 2 amide bonds. The molecule has 1 spiro atoms. The van der Waals surface area contributed by atoms with Gasteiger partial charge in [-0.1, -0.05) is 16.8 Å². The Morgan fingerprint density at radius 2 is 2.23 bits per heavy atom. The molecular weight excluding hydrogens is 539 g/mol. The van der Waals surface area contributed by atoms with E-state index in [0.717, 1.165) is 28.5 Å². The van der Waals surface area contributed by atoms with E-state index >= 15 is 0 Å². The Balaban J connectivity index is 1.40. The largest absolute Gasteiger partial charge is 0.435 e. The number of aryl methyl sites for hydroxylation is 1. The zero-order chi connectivity index (χ0) is 22.2. The third-order valence-corrected chi connectivity index (χ3v) is 6.67. The standard InChI is InChI=1S/C19H22ClIN6O4/c1-10(22-17(28)13-8-14(20)26-31-13)7-11-3-5-19(6-4-11)15(23-24-18(29)30-19)12-9-27(2)25-16(12)21/h8-11H,3-7H2,1-2H3,(H,22,28)(H,24,29)/t10-,11?,19?/m0/s1. The van der Waals surface area contributed by atoms with Gasteiger partial charge in [-0.2, -0.15) is 10.2 Å². The average molecular weight is 561 g/mol. The van der Waals surface area contributed by atoms with Gasteiger partial charge < -0.3 is 14.6 Å². The zero-order valence-electron chi connectivity index (χ0n) is 17.0. The van der Waals surface area contributed by atoms with Gasteiger partial charge in [-0.3, -0.25) is 9.48 Å². The summed E-state index contributed by atoms with van der Waals surface area (Å²) in [7, 11) is 1.85. The second-order valence-electron chi connectivity index (χ2n) is 8.03. The molecule has 1 aliphatic carbocycles. The van der Waals surface area contributed by atoms with Gasteiger partial charge in [0.1, 0.15) is 9.41 Å². The van der Waals surface area contributed by atoms with E-state index in [1.165, 1.54) is 6.07 Å². The SMILES string of the molecule is C[C@@H](CC1CCC2(CC1)OC(=O)NN=C2c1cn(C)nc1I)NC(=O)c1cc(Cl)no1. The number of amides is 2. The van der Waals surface area contributed by atoms with Crippen molar-refractivity contribution >= 4 is 51.9 Å². The van der Waals surface area contributed by atoms with Crippen LogP contribution in [0.1, 0.15) is 55.1 Å². The molecule has 0 unspecified atom stereocenters. The van der Waals surface area contributed by atoms with Crippen molar-refractivity contribution in [3.8, 4) is 0 Å². The predicted molar refractivity (Wildman–Crippen MR) is 120 cm³/mol. The highest BCUT2D eigenvalue weighted by Gasteiger charge is 2.47. The molecule has 1 fully saturated rings. The lowest BCUT2D eigenvalue weighted by molar-refractivity contribution is 0.0153. The van der Waals surface area contributed by atoms with Gasteiger partial charge in [0.05, 0.1) is 5.56 Å². The first-order valence-corrected chi connectivity index (χ1v) is 11.4. The summed E-state index contributed by atoms with van der Waals surface area (Å²) < 4.78 is 13.2. The van der Waals surface area contributed by atoms with Gasteiger partial charge in [0.15, 0.2) is 10.8 Å². The van der Waals surface area contributed by atoms with Crippen LogP contribution in [0.15, 0.2) is 21.9 Å². The summed E-state index contributed by atoms with van der Waals surface area (Å²) in [6, 6.07) is 1.33. The van der Waals surface area contributed by atoms with E-state index < -0.39 is 11.7 Å². The summed E-state index contributed by atoms with van der Waals surface area (Å²) >= 11 is 7.87. The molecule has 31 heavy (non-hydrogen) atoms. The molecule has 2 aromatic rings. The number of rotatable bonds is 5. The number of carbonyl (C=O) groups is 2. The summed E-state index contributed by atoms with van der Waals surface area (Å²) in [6.45, 7) is 1.95. The van der Waals surface area contributed by atoms with E-state index in [1.807, 2.05) is 20.2 Å². The topological polar surface area (TPSA) is 124 Å². The minimum absolute atomic E-state index is 0.0570. The van der Waals surface area contributed by atoms with Crippen molar-refractivity contribution in [3.05, 3.63) is 32.4 Å². The predicted octanol–water partition coefficient (Wildman–Crippen LogP) is 3.25. The molecule has 12 heteroatoms. The molecule has 2 N–H and O–H groups in total. The van der Waals surface area contributed by atoms with E-state index in [1.54, 1.807) is 4.68 Å². The highest BCUT2D eigenvalue weighted by molar-refractivity contribution is 14.1. The molecule has 1 atom stereocenters. The van der Waals surface area contributed by atoms with Crippen molar-refractivity contribution in [3.63, 3.8) is 0 Å². The van der Waals surface area contributed by atoms with E-state index in [4.69, 9.17) is 20.9 Å². The van der Waals surface area contributed by atoms with Crippen molar-refractivity contribution in [1.82, 2.24) is 25.7 Å². The number of hydrogen-bond donors (Lipinski definition) is 2. The molecule has 4 rings (SSSR count). The smallest absolute Gasteiger partial charge is 0.428 e. The van der Waals surface area contributed by atoms with Crippen molar-refractivity contribution in [2.24, 2.45) is 18.1 Å². The van der Waals surface area contributed by atoms with Crippen LogP contribution in [0.25, 0.3) is 0 Å². The Labute approximate surface area is 197 Å². The number of hydrazone groups is 1. The van der Waals surface area contributed by atoms with Crippen LogP contribution in [0.4, 0.5) is 4.79 Å². The number of carbonyl (C=O) groups excluding carboxylic acids is 2. The fraction of sp³-hybridized carbons (Fsp3) is 0.526. The van der Waals surface area contributed by atoms with Gasteiger partial charge in [-0.05, 0) is 67.5 Å². The molecule has 3 heterocycles. The molecule has 2 aliphatic rings. The molecule has 0 bridgehead atoms. The van der Waals surface area contributed by atoms with Gasteiger partial charge >= 0.3 is 6.09 Å². The minimum atomic E-state index is -0.759. The van der Waals surface area contributed by atoms with E-state index in [-0.39, 0.29) is 22.9 Å². The van der Waals surface area contributed by atoms with E-state index in [9.17, 15) is 9.59 Å². The average Bonchev–Trinajstić information content (AvgIpc) is 3.28. The first-order chi connectivity index (χ1) is 14.8. The fourth-order valence-electron chi connectivity index (χ4n) is 4.31. The van der Waals surface area contributed by atoms with Crippen LogP contribution in [0.5, 0.6) is 0 Å². The lowest BCUT2D eigenvalue weighted by Crippen LogP contribution is -2.52. The number of ether oxygens (including phenoxy) is 1. The van der Waals surface area contributed by atoms with Crippen LogP contribution in [0.2, 0.25) is 5.15 Å². The molecule has 10 nitrogen and oxygen atoms in total. The van der Waals surface area contributed by atoms with Crippen molar-refractivity contribution in [1.29, 1.82) is 0 Å². The Morgan fingerprint density at radius 3 is 2.84 bits per heavy atom. The molecule has 1 aliphatic heterocycles. The summed E-state index contributed by atoms with van der Waals surface area (Å²) in [5, 5.41) is 15.3. The Morgan fingerprint density at radius 1 is 1.48 bits per heavy atom. The maximum Gasteiger partial charge on any atom is 0.428 e. The lowest BCUT2D eigenvalue weighted by Gasteiger charge is -2.42. The van der Waals surface area contributed by atoms with Crippen LogP contribution in [-0.4, -0.2) is 44.3 Å². The van der Waals surface area contributed by atoms with Gasteiger partial charge in [0.2, 0.25) is 5.76 Å². The van der Waals surface area contributed by atoms with Gasteiger partial charge in [0.25, 0.3) is 5.91 Å². The van der Waals surface area contributed by atoms with Crippen LogP contribution in [0.3, 0.4) is 0 Å². The second kappa shape index (κ2) is 8.77. The highest BCUT2D eigenvalue weighted by atomic mass is 127.